The third kappa shape index (κ3) is 2.09. The molecule has 23 heavy (non-hydrogen) atoms. The quantitative estimate of drug-likeness (QED) is 0.677. The van der Waals surface area contributed by atoms with Gasteiger partial charge in [-0.05, 0) is 25.0 Å². The maximum atomic E-state index is 12.2. The van der Waals surface area contributed by atoms with Crippen molar-refractivity contribution in [1.82, 2.24) is 19.6 Å². The molecule has 7 nitrogen and oxygen atoms in total. The average Bonchev–Trinajstić information content (AvgIpc) is 3.11. The van der Waals surface area contributed by atoms with Gasteiger partial charge in [0, 0.05) is 5.56 Å². The van der Waals surface area contributed by atoms with Gasteiger partial charge in [-0.1, -0.05) is 18.2 Å². The van der Waals surface area contributed by atoms with Gasteiger partial charge in [-0.25, -0.2) is 4.98 Å². The summed E-state index contributed by atoms with van der Waals surface area (Å²) in [6.45, 7) is 0. The van der Waals surface area contributed by atoms with E-state index in [1.807, 2.05) is 6.08 Å². The standard InChI is InChI=1S/C16H14N4O3/c1-23-13-7-2-4-9(14(13)21)8-12-15(22)18-16-17-10-5-3-6-11(10)19-20(12)16/h2,4-5,7-8,21H,3,6H2,1H3,(H,17,18,22)/b12-8+. The maximum absolute atomic E-state index is 12.2. The Hall–Kier alpha value is -3.09. The minimum absolute atomic E-state index is 0.0215. The number of ether oxygens (including phenoxy) is 1. The summed E-state index contributed by atoms with van der Waals surface area (Å²) >= 11 is 0. The van der Waals surface area contributed by atoms with Crippen molar-refractivity contribution in [1.29, 1.82) is 0 Å². The van der Waals surface area contributed by atoms with Crippen LogP contribution in [0.2, 0.25) is 0 Å². The number of phenolic OH excluding ortho intramolecular Hbond substituents is 1. The van der Waals surface area contributed by atoms with E-state index >= 15 is 0 Å². The summed E-state index contributed by atoms with van der Waals surface area (Å²) in [7, 11) is 1.48. The van der Waals surface area contributed by atoms with Gasteiger partial charge < -0.3 is 9.84 Å². The van der Waals surface area contributed by atoms with Crippen molar-refractivity contribution < 1.29 is 9.84 Å². The molecule has 0 aliphatic heterocycles. The smallest absolute Gasteiger partial charge is 0.276 e. The SMILES string of the molecule is COc1cccc(/C=c2\c(=O)[nH]c3nc4c(nn23)CCC=4)c1O. The number of nitrogens with zero attached hydrogens (tertiary/aromatic N) is 3. The number of methoxy groups -OCH3 is 1. The van der Waals surface area contributed by atoms with Crippen molar-refractivity contribution in [2.75, 3.05) is 7.11 Å². The van der Waals surface area contributed by atoms with Crippen molar-refractivity contribution in [2.24, 2.45) is 0 Å². The zero-order valence-electron chi connectivity index (χ0n) is 12.4. The second-order valence-electron chi connectivity index (χ2n) is 5.30. The lowest BCUT2D eigenvalue weighted by molar-refractivity contribution is 0.373. The average molecular weight is 310 g/mol. The van der Waals surface area contributed by atoms with E-state index < -0.39 is 0 Å². The van der Waals surface area contributed by atoms with Gasteiger partial charge in [-0.3, -0.25) is 9.78 Å². The minimum Gasteiger partial charge on any atom is -0.504 e. The van der Waals surface area contributed by atoms with Crippen LogP contribution in [0.1, 0.15) is 17.7 Å². The Kier molecular flexibility index (Phi) is 2.94. The second-order valence-corrected chi connectivity index (χ2v) is 5.30. The number of rotatable bonds is 2. The van der Waals surface area contributed by atoms with E-state index in [2.05, 4.69) is 15.1 Å². The van der Waals surface area contributed by atoms with Crippen LogP contribution in [0.5, 0.6) is 11.5 Å². The van der Waals surface area contributed by atoms with Crippen LogP contribution in [0.25, 0.3) is 17.9 Å². The Morgan fingerprint density at radius 2 is 2.30 bits per heavy atom. The van der Waals surface area contributed by atoms with E-state index in [4.69, 9.17) is 4.74 Å². The Balaban J connectivity index is 2.01. The Bertz CT molecular complexity index is 1090. The van der Waals surface area contributed by atoms with Crippen LogP contribution in [-0.4, -0.2) is 31.8 Å². The second kappa shape index (κ2) is 4.98. The highest BCUT2D eigenvalue weighted by atomic mass is 16.5. The van der Waals surface area contributed by atoms with Crippen LogP contribution >= 0.6 is 0 Å². The first-order chi connectivity index (χ1) is 11.2. The zero-order valence-corrected chi connectivity index (χ0v) is 12.4. The molecule has 0 spiro atoms. The lowest BCUT2D eigenvalue weighted by Gasteiger charge is -2.04. The summed E-state index contributed by atoms with van der Waals surface area (Å²) < 4.78 is 6.57. The van der Waals surface area contributed by atoms with E-state index in [1.54, 1.807) is 24.3 Å². The van der Waals surface area contributed by atoms with E-state index in [1.165, 1.54) is 11.6 Å². The predicted octanol–water partition coefficient (Wildman–Crippen LogP) is -0.313. The van der Waals surface area contributed by atoms with Gasteiger partial charge in [0.1, 0.15) is 5.35 Å². The fourth-order valence-corrected chi connectivity index (χ4v) is 2.74. The molecule has 4 rings (SSSR count). The third-order valence-corrected chi connectivity index (χ3v) is 3.89. The molecule has 0 amide bonds. The van der Waals surface area contributed by atoms with Crippen molar-refractivity contribution in [2.45, 2.75) is 12.8 Å². The fraction of sp³-hybridized carbons (Fsp3) is 0.188. The molecule has 7 heteroatoms. The van der Waals surface area contributed by atoms with Crippen LogP contribution in [0.15, 0.2) is 23.0 Å². The van der Waals surface area contributed by atoms with Crippen molar-refractivity contribution >= 4 is 17.9 Å². The molecule has 0 saturated carbocycles. The molecule has 2 N–H and O–H groups in total. The van der Waals surface area contributed by atoms with E-state index in [0.717, 1.165) is 23.9 Å². The first-order valence-corrected chi connectivity index (χ1v) is 7.23. The normalized spacial score (nSPS) is 14.0. The number of H-pyrrole nitrogens is 1. The third-order valence-electron chi connectivity index (χ3n) is 3.89. The van der Waals surface area contributed by atoms with E-state index in [9.17, 15) is 9.90 Å². The number of benzene rings is 1. The summed E-state index contributed by atoms with van der Waals surface area (Å²) in [4.78, 5) is 19.3. The summed E-state index contributed by atoms with van der Waals surface area (Å²) in [6.07, 6.45) is 5.30. The summed E-state index contributed by atoms with van der Waals surface area (Å²) in [5.74, 6) is 0.713. The highest BCUT2D eigenvalue weighted by molar-refractivity contribution is 5.61. The molecule has 2 aromatic heterocycles. The Morgan fingerprint density at radius 3 is 3.13 bits per heavy atom. The van der Waals surface area contributed by atoms with Gasteiger partial charge in [0.2, 0.25) is 5.78 Å². The molecule has 1 aliphatic carbocycles. The first kappa shape index (κ1) is 13.6. The van der Waals surface area contributed by atoms with Gasteiger partial charge in [0.05, 0.1) is 18.2 Å². The molecule has 0 radical (unpaired) electrons. The van der Waals surface area contributed by atoms with Gasteiger partial charge >= 0.3 is 0 Å². The fourth-order valence-electron chi connectivity index (χ4n) is 2.74. The molecule has 3 aromatic rings. The number of aromatic hydroxyl groups is 1. The van der Waals surface area contributed by atoms with Crippen LogP contribution in [0, 0.1) is 0 Å². The molecule has 0 saturated heterocycles. The topological polar surface area (TPSA) is 92.5 Å². The number of nitrogens with one attached hydrogen (secondary N) is 1. The summed E-state index contributed by atoms with van der Waals surface area (Å²) in [6, 6.07) is 5.09. The van der Waals surface area contributed by atoms with Gasteiger partial charge in [0.15, 0.2) is 11.5 Å². The molecule has 0 bridgehead atoms. The number of aromatic nitrogens is 4. The first-order valence-electron chi connectivity index (χ1n) is 7.23. The Morgan fingerprint density at radius 1 is 1.43 bits per heavy atom. The molecule has 1 aromatic carbocycles. The molecule has 116 valence electrons. The largest absolute Gasteiger partial charge is 0.504 e. The number of imidazole rings is 1. The maximum Gasteiger partial charge on any atom is 0.276 e. The summed E-state index contributed by atoms with van der Waals surface area (Å²) in [5.41, 5.74) is 1.03. The van der Waals surface area contributed by atoms with E-state index in [0.29, 0.717) is 22.4 Å². The molecule has 1 aliphatic rings. The van der Waals surface area contributed by atoms with Gasteiger partial charge in [-0.2, -0.15) is 9.61 Å². The van der Waals surface area contributed by atoms with Gasteiger partial charge in [0.25, 0.3) is 5.56 Å². The highest BCUT2D eigenvalue weighted by Crippen LogP contribution is 2.29. The lowest BCUT2D eigenvalue weighted by Crippen LogP contribution is -2.28. The van der Waals surface area contributed by atoms with Crippen molar-refractivity contribution in [3.63, 3.8) is 0 Å². The molecule has 0 unspecified atom stereocenters. The molecular formula is C16H14N4O3. The Labute approximate surface area is 130 Å². The molecule has 0 atom stereocenters. The number of aryl methyl sites for hydroxylation is 1. The van der Waals surface area contributed by atoms with Gasteiger partial charge in [-0.15, -0.1) is 0 Å². The number of hydrogen-bond donors (Lipinski definition) is 2. The monoisotopic (exact) mass is 310 g/mol. The van der Waals surface area contributed by atoms with Crippen LogP contribution in [-0.2, 0) is 6.42 Å². The predicted molar refractivity (Wildman–Crippen MR) is 83.9 cm³/mol. The number of phenols is 1. The lowest BCUT2D eigenvalue weighted by atomic mass is 10.1. The zero-order chi connectivity index (χ0) is 16.0. The number of aromatic amines is 1. The number of hydrogen-bond acceptors (Lipinski definition) is 5. The molecule has 0 fully saturated rings. The van der Waals surface area contributed by atoms with Crippen molar-refractivity contribution in [3.05, 3.63) is 50.5 Å². The summed E-state index contributed by atoms with van der Waals surface area (Å²) in [5, 5.41) is 15.8. The van der Waals surface area contributed by atoms with Crippen molar-refractivity contribution in [3.8, 4) is 11.5 Å². The highest BCUT2D eigenvalue weighted by Gasteiger charge is 2.12. The van der Waals surface area contributed by atoms with Crippen LogP contribution < -0.4 is 21.0 Å². The number of fused-ring (bicyclic) bond motifs is 2. The van der Waals surface area contributed by atoms with Crippen LogP contribution in [0.4, 0.5) is 0 Å². The molecular weight excluding hydrogens is 296 g/mol. The van der Waals surface area contributed by atoms with Crippen LogP contribution in [0.3, 0.4) is 0 Å². The minimum atomic E-state index is -0.309. The molecule has 2 heterocycles. The van der Waals surface area contributed by atoms with E-state index in [-0.39, 0.29) is 11.3 Å². The number of para-hydroxylation sites is 1.